The second-order valence-electron chi connectivity index (χ2n) is 6.33. The van der Waals surface area contributed by atoms with E-state index < -0.39 is 0 Å². The van der Waals surface area contributed by atoms with Crippen LogP contribution >= 0.6 is 11.3 Å². The molecule has 2 heterocycles. The molecule has 26 heavy (non-hydrogen) atoms. The van der Waals surface area contributed by atoms with Crippen molar-refractivity contribution in [3.05, 3.63) is 100 Å². The Balaban J connectivity index is 1.52. The van der Waals surface area contributed by atoms with Crippen LogP contribution in [-0.2, 0) is 6.54 Å². The summed E-state index contributed by atoms with van der Waals surface area (Å²) >= 11 is 1.79. The van der Waals surface area contributed by atoms with Crippen molar-refractivity contribution in [2.75, 3.05) is 0 Å². The van der Waals surface area contributed by atoms with E-state index in [0.29, 0.717) is 6.54 Å². The Bertz CT molecular complexity index is 944. The molecule has 0 aliphatic carbocycles. The van der Waals surface area contributed by atoms with Crippen LogP contribution in [0, 0.1) is 6.92 Å². The summed E-state index contributed by atoms with van der Waals surface area (Å²) in [5.41, 5.74) is 3.63. The molecule has 0 fully saturated rings. The molecule has 0 unspecified atom stereocenters. The highest BCUT2D eigenvalue weighted by Crippen LogP contribution is 2.24. The van der Waals surface area contributed by atoms with Gasteiger partial charge in [-0.2, -0.15) is 0 Å². The Labute approximate surface area is 157 Å². The lowest BCUT2D eigenvalue weighted by Gasteiger charge is -2.14. The zero-order valence-corrected chi connectivity index (χ0v) is 15.4. The number of hydrogen-bond donors (Lipinski definition) is 1. The lowest BCUT2D eigenvalue weighted by Crippen LogP contribution is -2.83. The third-order valence-corrected chi connectivity index (χ3v) is 5.38. The summed E-state index contributed by atoms with van der Waals surface area (Å²) in [7, 11) is 0. The number of quaternary nitrogens is 1. The summed E-state index contributed by atoms with van der Waals surface area (Å²) < 4.78 is 5.95. The molecule has 2 N–H and O–H groups in total. The van der Waals surface area contributed by atoms with Crippen LogP contribution in [0.5, 0.6) is 0 Å². The zero-order chi connectivity index (χ0) is 17.8. The first-order valence-corrected chi connectivity index (χ1v) is 9.61. The van der Waals surface area contributed by atoms with E-state index in [1.54, 1.807) is 11.3 Å². The van der Waals surface area contributed by atoms with E-state index in [2.05, 4.69) is 59.0 Å². The van der Waals surface area contributed by atoms with Crippen molar-refractivity contribution in [2.24, 2.45) is 0 Å². The van der Waals surface area contributed by atoms with E-state index in [-0.39, 0.29) is 6.04 Å². The zero-order valence-electron chi connectivity index (χ0n) is 14.6. The number of benzene rings is 2. The Morgan fingerprint density at radius 1 is 1.00 bits per heavy atom. The van der Waals surface area contributed by atoms with Gasteiger partial charge >= 0.3 is 0 Å². The molecule has 2 aromatic heterocycles. The molecule has 0 aliphatic heterocycles. The maximum absolute atomic E-state index is 5.95. The maximum atomic E-state index is 5.95. The van der Waals surface area contributed by atoms with E-state index in [1.165, 1.54) is 16.0 Å². The quantitative estimate of drug-likeness (QED) is 0.547. The number of oxazole rings is 1. The van der Waals surface area contributed by atoms with E-state index in [0.717, 1.165) is 17.2 Å². The highest BCUT2D eigenvalue weighted by atomic mass is 32.1. The summed E-state index contributed by atoms with van der Waals surface area (Å²) in [6.07, 6.45) is 1.81. The van der Waals surface area contributed by atoms with Gasteiger partial charge in [0.15, 0.2) is 12.3 Å². The third kappa shape index (κ3) is 3.77. The Kier molecular flexibility index (Phi) is 4.95. The fourth-order valence-corrected chi connectivity index (χ4v) is 3.87. The minimum atomic E-state index is 0.252. The monoisotopic (exact) mass is 361 g/mol. The lowest BCUT2D eigenvalue weighted by atomic mass is 10.0. The van der Waals surface area contributed by atoms with Crippen LogP contribution in [0.1, 0.15) is 27.9 Å². The second kappa shape index (κ2) is 7.68. The molecule has 4 rings (SSSR count). The molecule has 130 valence electrons. The van der Waals surface area contributed by atoms with Crippen molar-refractivity contribution >= 4 is 11.3 Å². The van der Waals surface area contributed by atoms with Gasteiger partial charge in [-0.25, -0.2) is 4.98 Å². The van der Waals surface area contributed by atoms with Crippen LogP contribution in [0.3, 0.4) is 0 Å². The first-order chi connectivity index (χ1) is 12.8. The van der Waals surface area contributed by atoms with Gasteiger partial charge in [0, 0.05) is 11.1 Å². The van der Waals surface area contributed by atoms with Crippen LogP contribution in [0.4, 0.5) is 0 Å². The van der Waals surface area contributed by atoms with Gasteiger partial charge in [-0.1, -0.05) is 66.2 Å². The molecule has 0 spiro atoms. The van der Waals surface area contributed by atoms with Gasteiger partial charge in [-0.05, 0) is 18.4 Å². The van der Waals surface area contributed by atoms with Crippen LogP contribution in [0.25, 0.3) is 11.3 Å². The lowest BCUT2D eigenvalue weighted by molar-refractivity contribution is -0.703. The number of aromatic nitrogens is 1. The van der Waals surface area contributed by atoms with Gasteiger partial charge in [0.25, 0.3) is 5.89 Å². The molecule has 0 radical (unpaired) electrons. The largest absolute Gasteiger partial charge is 0.435 e. The molecule has 0 amide bonds. The van der Waals surface area contributed by atoms with Crippen molar-refractivity contribution < 1.29 is 9.73 Å². The van der Waals surface area contributed by atoms with E-state index >= 15 is 0 Å². The standard InChI is InChI=1S/C22H20N2OS/c1-16-9-11-18(12-10-16)22(20-8-5-13-26-20)24-15-21-23-14-19(25-21)17-6-3-2-4-7-17/h2-14,22,24H,15H2,1H3/p+1/t22-/m1/s1. The smallest absolute Gasteiger partial charge is 0.250 e. The molecule has 4 aromatic rings. The molecule has 0 bridgehead atoms. The second-order valence-corrected chi connectivity index (χ2v) is 7.31. The van der Waals surface area contributed by atoms with Crippen LogP contribution < -0.4 is 5.32 Å². The SMILES string of the molecule is Cc1ccc([C@@H]([NH2+]Cc2ncc(-c3ccccc3)o2)c2cccs2)cc1. The van der Waals surface area contributed by atoms with Gasteiger partial charge in [0.2, 0.25) is 0 Å². The number of nitrogens with two attached hydrogens (primary N) is 1. The minimum absolute atomic E-state index is 0.252. The fraction of sp³-hybridized carbons (Fsp3) is 0.136. The normalized spacial score (nSPS) is 12.2. The molecule has 3 nitrogen and oxygen atoms in total. The van der Waals surface area contributed by atoms with Crippen LogP contribution in [0.15, 0.2) is 82.7 Å². The first-order valence-electron chi connectivity index (χ1n) is 8.73. The number of nitrogens with zero attached hydrogens (tertiary/aromatic N) is 1. The Hall–Kier alpha value is -2.69. The topological polar surface area (TPSA) is 42.6 Å². The highest BCUT2D eigenvalue weighted by Gasteiger charge is 2.20. The summed E-state index contributed by atoms with van der Waals surface area (Å²) in [6.45, 7) is 2.81. The molecular formula is C22H21N2OS+. The van der Waals surface area contributed by atoms with Gasteiger partial charge in [-0.3, -0.25) is 0 Å². The molecule has 0 saturated carbocycles. The predicted octanol–water partition coefficient (Wildman–Crippen LogP) is 4.56. The Morgan fingerprint density at radius 2 is 1.81 bits per heavy atom. The van der Waals surface area contributed by atoms with Crippen molar-refractivity contribution in [1.82, 2.24) is 4.98 Å². The van der Waals surface area contributed by atoms with Crippen LogP contribution in [0.2, 0.25) is 0 Å². The van der Waals surface area contributed by atoms with Gasteiger partial charge in [0.05, 0.1) is 11.1 Å². The summed E-state index contributed by atoms with van der Waals surface area (Å²) in [5, 5.41) is 4.42. The van der Waals surface area contributed by atoms with Crippen molar-refractivity contribution in [3.8, 4) is 11.3 Å². The molecule has 4 heteroatoms. The number of rotatable bonds is 6. The average Bonchev–Trinajstić information content (AvgIpc) is 3.36. The van der Waals surface area contributed by atoms with Gasteiger partial charge < -0.3 is 9.73 Å². The van der Waals surface area contributed by atoms with Crippen molar-refractivity contribution in [2.45, 2.75) is 19.5 Å². The van der Waals surface area contributed by atoms with Crippen molar-refractivity contribution in [3.63, 3.8) is 0 Å². The number of thiophene rings is 1. The fourth-order valence-electron chi connectivity index (χ4n) is 3.02. The maximum Gasteiger partial charge on any atom is 0.250 e. The highest BCUT2D eigenvalue weighted by molar-refractivity contribution is 7.10. The third-order valence-electron chi connectivity index (χ3n) is 4.43. The Morgan fingerprint density at radius 3 is 2.54 bits per heavy atom. The number of hydrogen-bond acceptors (Lipinski definition) is 3. The molecule has 1 atom stereocenters. The predicted molar refractivity (Wildman–Crippen MR) is 105 cm³/mol. The first kappa shape index (κ1) is 16.8. The van der Waals surface area contributed by atoms with E-state index in [9.17, 15) is 0 Å². The number of aryl methyl sites for hydroxylation is 1. The minimum Gasteiger partial charge on any atom is -0.435 e. The van der Waals surface area contributed by atoms with Gasteiger partial charge in [0.1, 0.15) is 6.04 Å². The van der Waals surface area contributed by atoms with E-state index in [1.807, 2.05) is 36.5 Å². The van der Waals surface area contributed by atoms with E-state index in [4.69, 9.17) is 4.42 Å². The summed E-state index contributed by atoms with van der Waals surface area (Å²) in [6, 6.07) is 23.4. The molecular weight excluding hydrogens is 340 g/mol. The molecule has 2 aromatic carbocycles. The molecule has 0 aliphatic rings. The average molecular weight is 361 g/mol. The summed E-state index contributed by atoms with van der Waals surface area (Å²) in [4.78, 5) is 5.80. The van der Waals surface area contributed by atoms with Crippen molar-refractivity contribution in [1.29, 1.82) is 0 Å². The summed E-state index contributed by atoms with van der Waals surface area (Å²) in [5.74, 6) is 1.56. The molecule has 0 saturated heterocycles. The van der Waals surface area contributed by atoms with Crippen LogP contribution in [-0.4, -0.2) is 4.98 Å². The van der Waals surface area contributed by atoms with Gasteiger partial charge in [-0.15, -0.1) is 11.3 Å².